The summed E-state index contributed by atoms with van der Waals surface area (Å²) in [6, 6.07) is 0. The first-order valence-electron chi connectivity index (χ1n) is 4.47. The largest absolute Gasteiger partial charge is 0.394 e. The van der Waals surface area contributed by atoms with Crippen LogP contribution in [0.4, 0.5) is 0 Å². The Bertz CT molecular complexity index is 79.6. The lowest BCUT2D eigenvalue weighted by Gasteiger charge is -2.15. The fraction of sp³-hybridized carbons (Fsp3) is 1.00. The van der Waals surface area contributed by atoms with E-state index in [2.05, 4.69) is 13.8 Å². The third kappa shape index (κ3) is 5.22. The van der Waals surface area contributed by atoms with Crippen molar-refractivity contribution in [2.75, 3.05) is 13.2 Å². The molecule has 0 amide bonds. The predicted octanol–water partition coefficient (Wildman–Crippen LogP) is 1.82. The molecule has 0 heterocycles. The van der Waals surface area contributed by atoms with Gasteiger partial charge >= 0.3 is 0 Å². The van der Waals surface area contributed by atoms with E-state index in [1.165, 1.54) is 0 Å². The third-order valence-corrected chi connectivity index (χ3v) is 1.97. The summed E-state index contributed by atoms with van der Waals surface area (Å²) in [5, 5.41) is 8.79. The molecule has 2 atom stereocenters. The summed E-state index contributed by atoms with van der Waals surface area (Å²) in [5.41, 5.74) is 0. The van der Waals surface area contributed by atoms with Gasteiger partial charge in [-0.25, -0.2) is 0 Å². The second-order valence-electron chi connectivity index (χ2n) is 3.06. The lowest BCUT2D eigenvalue weighted by molar-refractivity contribution is -0.00431. The first-order chi connectivity index (χ1) is 5.24. The van der Waals surface area contributed by atoms with E-state index in [1.54, 1.807) is 0 Å². The molecule has 0 spiro atoms. The van der Waals surface area contributed by atoms with E-state index in [1.807, 2.05) is 6.92 Å². The van der Waals surface area contributed by atoms with Crippen LogP contribution in [0.5, 0.6) is 0 Å². The lowest BCUT2D eigenvalue weighted by atomic mass is 10.1. The summed E-state index contributed by atoms with van der Waals surface area (Å²) in [7, 11) is 0. The maximum absolute atomic E-state index is 8.79. The zero-order valence-corrected chi connectivity index (χ0v) is 7.84. The average molecular weight is 160 g/mol. The minimum Gasteiger partial charge on any atom is -0.394 e. The summed E-state index contributed by atoms with van der Waals surface area (Å²) in [5.74, 6) is 0.607. The van der Waals surface area contributed by atoms with Gasteiger partial charge in [0.1, 0.15) is 0 Å². The maximum atomic E-state index is 8.79. The van der Waals surface area contributed by atoms with Crippen LogP contribution in [-0.2, 0) is 4.74 Å². The highest BCUT2D eigenvalue weighted by Gasteiger charge is 2.06. The third-order valence-electron chi connectivity index (χ3n) is 1.97. The second kappa shape index (κ2) is 6.62. The fourth-order valence-electron chi connectivity index (χ4n) is 0.718. The molecule has 0 saturated heterocycles. The summed E-state index contributed by atoms with van der Waals surface area (Å²) in [4.78, 5) is 0. The minimum absolute atomic E-state index is 0.0454. The van der Waals surface area contributed by atoms with Crippen molar-refractivity contribution >= 4 is 0 Å². The van der Waals surface area contributed by atoms with Crippen molar-refractivity contribution in [3.05, 3.63) is 0 Å². The molecule has 0 radical (unpaired) electrons. The van der Waals surface area contributed by atoms with Crippen LogP contribution in [0, 0.1) is 5.92 Å². The van der Waals surface area contributed by atoms with Gasteiger partial charge in [-0.05, 0) is 12.3 Å². The van der Waals surface area contributed by atoms with E-state index in [9.17, 15) is 0 Å². The molecule has 68 valence electrons. The predicted molar refractivity (Wildman–Crippen MR) is 46.6 cm³/mol. The molecule has 0 aliphatic carbocycles. The zero-order valence-electron chi connectivity index (χ0n) is 7.84. The molecule has 0 saturated carbocycles. The quantitative estimate of drug-likeness (QED) is 0.642. The number of rotatable bonds is 6. The molecule has 0 fully saturated rings. The molecule has 0 aromatic carbocycles. The molecular formula is C9H20O2. The summed E-state index contributed by atoms with van der Waals surface area (Å²) in [6.45, 7) is 7.25. The number of hydrogen-bond acceptors (Lipinski definition) is 2. The Labute approximate surface area is 69.6 Å². The molecule has 0 aromatic heterocycles. The van der Waals surface area contributed by atoms with Crippen molar-refractivity contribution < 1.29 is 9.84 Å². The van der Waals surface area contributed by atoms with E-state index in [0.717, 1.165) is 19.4 Å². The molecule has 1 N–H and O–H groups in total. The van der Waals surface area contributed by atoms with E-state index >= 15 is 0 Å². The standard InChI is InChI=1S/C9H20O2/c1-4-8(3)7-11-9(5-2)6-10/h8-10H,4-7H2,1-3H3. The van der Waals surface area contributed by atoms with Crippen LogP contribution in [0.15, 0.2) is 0 Å². The smallest absolute Gasteiger partial charge is 0.0803 e. The van der Waals surface area contributed by atoms with Gasteiger partial charge in [-0.2, -0.15) is 0 Å². The molecule has 2 unspecified atom stereocenters. The topological polar surface area (TPSA) is 29.5 Å². The summed E-state index contributed by atoms with van der Waals surface area (Å²) in [6.07, 6.45) is 2.08. The van der Waals surface area contributed by atoms with Gasteiger partial charge < -0.3 is 9.84 Å². The highest BCUT2D eigenvalue weighted by Crippen LogP contribution is 2.04. The van der Waals surface area contributed by atoms with Gasteiger partial charge in [0.15, 0.2) is 0 Å². The highest BCUT2D eigenvalue weighted by molar-refractivity contribution is 4.54. The highest BCUT2D eigenvalue weighted by atomic mass is 16.5. The van der Waals surface area contributed by atoms with Crippen molar-refractivity contribution in [1.29, 1.82) is 0 Å². The minimum atomic E-state index is 0.0454. The first-order valence-corrected chi connectivity index (χ1v) is 4.47. The summed E-state index contributed by atoms with van der Waals surface area (Å²) < 4.78 is 5.44. The Kier molecular flexibility index (Phi) is 6.57. The average Bonchev–Trinajstić information content (AvgIpc) is 2.06. The van der Waals surface area contributed by atoms with Crippen molar-refractivity contribution in [2.24, 2.45) is 5.92 Å². The van der Waals surface area contributed by atoms with Crippen LogP contribution >= 0.6 is 0 Å². The van der Waals surface area contributed by atoms with E-state index in [0.29, 0.717) is 5.92 Å². The normalized spacial score (nSPS) is 16.4. The van der Waals surface area contributed by atoms with Crippen LogP contribution in [0.25, 0.3) is 0 Å². The van der Waals surface area contributed by atoms with E-state index < -0.39 is 0 Å². The molecule has 0 aliphatic rings. The maximum Gasteiger partial charge on any atom is 0.0803 e. The van der Waals surface area contributed by atoms with E-state index in [4.69, 9.17) is 9.84 Å². The van der Waals surface area contributed by atoms with Gasteiger partial charge in [-0.15, -0.1) is 0 Å². The van der Waals surface area contributed by atoms with Crippen molar-refractivity contribution in [3.63, 3.8) is 0 Å². The fourth-order valence-corrected chi connectivity index (χ4v) is 0.718. The van der Waals surface area contributed by atoms with Crippen molar-refractivity contribution in [2.45, 2.75) is 39.7 Å². The van der Waals surface area contributed by atoms with Gasteiger partial charge in [0.05, 0.1) is 12.7 Å². The van der Waals surface area contributed by atoms with Crippen LogP contribution in [0.1, 0.15) is 33.6 Å². The monoisotopic (exact) mass is 160 g/mol. The van der Waals surface area contributed by atoms with Crippen LogP contribution < -0.4 is 0 Å². The first kappa shape index (κ1) is 10.9. The molecule has 0 rings (SSSR count). The number of aliphatic hydroxyl groups excluding tert-OH is 1. The van der Waals surface area contributed by atoms with Gasteiger partial charge in [0.25, 0.3) is 0 Å². The lowest BCUT2D eigenvalue weighted by Crippen LogP contribution is -2.19. The molecular weight excluding hydrogens is 140 g/mol. The Morgan fingerprint density at radius 3 is 2.27 bits per heavy atom. The molecule has 11 heavy (non-hydrogen) atoms. The van der Waals surface area contributed by atoms with Crippen LogP contribution in [0.2, 0.25) is 0 Å². The summed E-state index contributed by atoms with van der Waals surface area (Å²) >= 11 is 0. The number of aliphatic hydroxyl groups is 1. The van der Waals surface area contributed by atoms with Gasteiger partial charge in [0, 0.05) is 6.61 Å². The zero-order chi connectivity index (χ0) is 8.69. The Balaban J connectivity index is 3.34. The molecule has 2 heteroatoms. The van der Waals surface area contributed by atoms with E-state index in [-0.39, 0.29) is 12.7 Å². The van der Waals surface area contributed by atoms with Crippen molar-refractivity contribution in [1.82, 2.24) is 0 Å². The number of hydrogen-bond donors (Lipinski definition) is 1. The van der Waals surface area contributed by atoms with Gasteiger partial charge in [-0.3, -0.25) is 0 Å². The van der Waals surface area contributed by atoms with Gasteiger partial charge in [-0.1, -0.05) is 27.2 Å². The second-order valence-corrected chi connectivity index (χ2v) is 3.06. The Hall–Kier alpha value is -0.0800. The molecule has 0 aliphatic heterocycles. The number of ether oxygens (including phenoxy) is 1. The Morgan fingerprint density at radius 1 is 1.27 bits per heavy atom. The SMILES string of the molecule is CCC(C)COC(CC)CO. The molecule has 0 aromatic rings. The van der Waals surface area contributed by atoms with Crippen molar-refractivity contribution in [3.8, 4) is 0 Å². The van der Waals surface area contributed by atoms with Gasteiger partial charge in [0.2, 0.25) is 0 Å². The van der Waals surface area contributed by atoms with Crippen LogP contribution in [-0.4, -0.2) is 24.4 Å². The Morgan fingerprint density at radius 2 is 1.91 bits per heavy atom. The molecule has 2 nitrogen and oxygen atoms in total. The molecule has 0 bridgehead atoms. The van der Waals surface area contributed by atoms with Crippen LogP contribution in [0.3, 0.4) is 0 Å².